The predicted molar refractivity (Wildman–Crippen MR) is 101 cm³/mol. The van der Waals surface area contributed by atoms with Crippen LogP contribution in [0.15, 0.2) is 42.5 Å². The summed E-state index contributed by atoms with van der Waals surface area (Å²) in [6.07, 6.45) is 2.85. The molecule has 0 heterocycles. The summed E-state index contributed by atoms with van der Waals surface area (Å²) in [4.78, 5) is 23.3. The number of amides is 2. The van der Waals surface area contributed by atoms with Gasteiger partial charge in [0.15, 0.2) is 0 Å². The van der Waals surface area contributed by atoms with E-state index in [2.05, 4.69) is 10.6 Å². The second-order valence-corrected chi connectivity index (χ2v) is 5.87. The maximum Gasteiger partial charge on any atom is 0.248 e. The van der Waals surface area contributed by atoms with Gasteiger partial charge in [-0.15, -0.1) is 0 Å². The number of benzene rings is 2. The third-order valence-electron chi connectivity index (χ3n) is 3.18. The lowest BCUT2D eigenvalue weighted by molar-refractivity contribution is -0.114. The number of halogens is 2. The molecule has 0 saturated carbocycles. The van der Waals surface area contributed by atoms with Crippen LogP contribution in [0.2, 0.25) is 10.0 Å². The fourth-order valence-electron chi connectivity index (χ4n) is 2.09. The van der Waals surface area contributed by atoms with Crippen LogP contribution in [0.1, 0.15) is 12.5 Å². The van der Waals surface area contributed by atoms with Crippen molar-refractivity contribution < 1.29 is 14.3 Å². The minimum Gasteiger partial charge on any atom is -0.495 e. The Kier molecular flexibility index (Phi) is 6.44. The lowest BCUT2D eigenvalue weighted by Gasteiger charge is -2.11. The third kappa shape index (κ3) is 5.24. The van der Waals surface area contributed by atoms with Gasteiger partial charge < -0.3 is 15.4 Å². The first-order valence-corrected chi connectivity index (χ1v) is 8.05. The zero-order chi connectivity index (χ0) is 18.4. The summed E-state index contributed by atoms with van der Waals surface area (Å²) in [5.74, 6) is -0.142. The van der Waals surface area contributed by atoms with Crippen LogP contribution in [0.4, 0.5) is 11.4 Å². The van der Waals surface area contributed by atoms with Crippen molar-refractivity contribution in [1.29, 1.82) is 0 Å². The molecule has 0 aromatic heterocycles. The quantitative estimate of drug-likeness (QED) is 0.746. The van der Waals surface area contributed by atoms with Gasteiger partial charge in [0, 0.05) is 34.3 Å². The van der Waals surface area contributed by atoms with Crippen LogP contribution >= 0.6 is 23.2 Å². The van der Waals surface area contributed by atoms with Crippen LogP contribution in [0, 0.1) is 0 Å². The predicted octanol–water partition coefficient (Wildman–Crippen LogP) is 4.61. The Morgan fingerprint density at radius 3 is 2.36 bits per heavy atom. The monoisotopic (exact) mass is 378 g/mol. The van der Waals surface area contributed by atoms with E-state index < -0.39 is 5.91 Å². The molecule has 7 heteroatoms. The molecule has 0 aliphatic rings. The molecule has 0 spiro atoms. The van der Waals surface area contributed by atoms with Crippen LogP contribution in [-0.4, -0.2) is 18.9 Å². The topological polar surface area (TPSA) is 67.4 Å². The summed E-state index contributed by atoms with van der Waals surface area (Å²) in [6.45, 7) is 1.40. The van der Waals surface area contributed by atoms with E-state index in [1.165, 1.54) is 26.2 Å². The van der Waals surface area contributed by atoms with Crippen molar-refractivity contribution in [3.8, 4) is 5.75 Å². The van der Waals surface area contributed by atoms with Crippen molar-refractivity contribution in [3.63, 3.8) is 0 Å². The maximum atomic E-state index is 12.2. The molecule has 2 rings (SSSR count). The van der Waals surface area contributed by atoms with Gasteiger partial charge in [-0.05, 0) is 36.4 Å². The van der Waals surface area contributed by atoms with Crippen LogP contribution in [0.3, 0.4) is 0 Å². The molecular weight excluding hydrogens is 363 g/mol. The van der Waals surface area contributed by atoms with Crippen LogP contribution in [0.5, 0.6) is 5.75 Å². The SMILES string of the molecule is COc1ccc(NC(C)=O)cc1NC(=O)/C=C/c1c(Cl)cccc1Cl. The summed E-state index contributed by atoms with van der Waals surface area (Å²) in [6, 6.07) is 10.0. The van der Waals surface area contributed by atoms with Crippen molar-refractivity contribution in [2.24, 2.45) is 0 Å². The second-order valence-electron chi connectivity index (χ2n) is 5.05. The zero-order valence-electron chi connectivity index (χ0n) is 13.6. The highest BCUT2D eigenvalue weighted by Gasteiger charge is 2.08. The van der Waals surface area contributed by atoms with Crippen LogP contribution in [0.25, 0.3) is 6.08 Å². The number of anilines is 2. The number of nitrogens with one attached hydrogen (secondary N) is 2. The van der Waals surface area contributed by atoms with E-state index >= 15 is 0 Å². The molecule has 2 N–H and O–H groups in total. The van der Waals surface area contributed by atoms with Crippen molar-refractivity contribution in [1.82, 2.24) is 0 Å². The number of carbonyl (C=O) groups excluding carboxylic acids is 2. The molecule has 0 aliphatic carbocycles. The fraction of sp³-hybridized carbons (Fsp3) is 0.111. The van der Waals surface area contributed by atoms with Crippen LogP contribution in [-0.2, 0) is 9.59 Å². The highest BCUT2D eigenvalue weighted by atomic mass is 35.5. The van der Waals surface area contributed by atoms with E-state index in [1.54, 1.807) is 36.4 Å². The Labute approximate surface area is 155 Å². The van der Waals surface area contributed by atoms with Gasteiger partial charge in [-0.2, -0.15) is 0 Å². The normalized spacial score (nSPS) is 10.6. The Hall–Kier alpha value is -2.50. The molecule has 0 aliphatic heterocycles. The number of hydrogen-bond donors (Lipinski definition) is 2. The van der Waals surface area contributed by atoms with Gasteiger partial charge in [0.1, 0.15) is 5.75 Å². The standard InChI is InChI=1S/C18H16Cl2N2O3/c1-11(23)21-12-6-8-17(25-2)16(10-12)22-18(24)9-7-13-14(19)4-3-5-15(13)20/h3-10H,1-2H3,(H,21,23)(H,22,24)/b9-7+. The van der Waals surface area contributed by atoms with Crippen molar-refractivity contribution in [3.05, 3.63) is 58.1 Å². The number of ether oxygens (including phenoxy) is 1. The largest absolute Gasteiger partial charge is 0.495 e. The lowest BCUT2D eigenvalue weighted by Crippen LogP contribution is -2.10. The highest BCUT2D eigenvalue weighted by molar-refractivity contribution is 6.37. The summed E-state index contributed by atoms with van der Waals surface area (Å²) in [7, 11) is 1.49. The van der Waals surface area contributed by atoms with Gasteiger partial charge >= 0.3 is 0 Å². The molecule has 130 valence electrons. The summed E-state index contributed by atoms with van der Waals surface area (Å²) < 4.78 is 5.21. The van der Waals surface area contributed by atoms with E-state index in [1.807, 2.05) is 0 Å². The number of hydrogen-bond acceptors (Lipinski definition) is 3. The Bertz CT molecular complexity index is 815. The molecule has 2 aromatic rings. The van der Waals surface area contributed by atoms with Gasteiger partial charge in [-0.25, -0.2) is 0 Å². The maximum absolute atomic E-state index is 12.2. The van der Waals surface area contributed by atoms with E-state index in [9.17, 15) is 9.59 Å². The molecule has 0 atom stereocenters. The molecule has 0 bridgehead atoms. The van der Waals surface area contributed by atoms with Gasteiger partial charge in [0.05, 0.1) is 12.8 Å². The molecule has 0 fully saturated rings. The van der Waals surface area contributed by atoms with E-state index in [0.29, 0.717) is 32.7 Å². The van der Waals surface area contributed by atoms with Crippen LogP contribution < -0.4 is 15.4 Å². The molecule has 0 radical (unpaired) electrons. The Balaban J connectivity index is 2.19. The summed E-state index contributed by atoms with van der Waals surface area (Å²) in [5, 5.41) is 6.23. The molecule has 5 nitrogen and oxygen atoms in total. The minimum absolute atomic E-state index is 0.212. The molecule has 2 aromatic carbocycles. The average Bonchev–Trinajstić information content (AvgIpc) is 2.54. The minimum atomic E-state index is -0.394. The van der Waals surface area contributed by atoms with E-state index in [4.69, 9.17) is 27.9 Å². The lowest BCUT2D eigenvalue weighted by atomic mass is 10.2. The molecule has 25 heavy (non-hydrogen) atoms. The Morgan fingerprint density at radius 1 is 1.08 bits per heavy atom. The number of methoxy groups -OCH3 is 1. The van der Waals surface area contributed by atoms with Crippen molar-refractivity contribution in [2.45, 2.75) is 6.92 Å². The smallest absolute Gasteiger partial charge is 0.248 e. The molecule has 0 saturated heterocycles. The summed E-state index contributed by atoms with van der Waals surface area (Å²) >= 11 is 12.1. The first-order valence-electron chi connectivity index (χ1n) is 7.29. The third-order valence-corrected chi connectivity index (χ3v) is 3.84. The summed E-state index contributed by atoms with van der Waals surface area (Å²) in [5.41, 5.74) is 1.52. The molecule has 0 unspecified atom stereocenters. The van der Waals surface area contributed by atoms with Gasteiger partial charge in [-0.1, -0.05) is 29.3 Å². The average molecular weight is 379 g/mol. The van der Waals surface area contributed by atoms with Crippen molar-refractivity contribution in [2.75, 3.05) is 17.7 Å². The first kappa shape index (κ1) is 18.8. The highest BCUT2D eigenvalue weighted by Crippen LogP contribution is 2.28. The first-order chi connectivity index (χ1) is 11.9. The van der Waals surface area contributed by atoms with E-state index in [-0.39, 0.29) is 5.91 Å². The second kappa shape index (κ2) is 8.55. The molecular formula is C18H16Cl2N2O3. The molecule has 2 amide bonds. The van der Waals surface area contributed by atoms with Gasteiger partial charge in [-0.3, -0.25) is 9.59 Å². The Morgan fingerprint density at radius 2 is 1.76 bits per heavy atom. The van der Waals surface area contributed by atoms with Crippen molar-refractivity contribution >= 4 is 52.5 Å². The van der Waals surface area contributed by atoms with Gasteiger partial charge in [0.2, 0.25) is 11.8 Å². The number of rotatable bonds is 5. The fourth-order valence-corrected chi connectivity index (χ4v) is 2.61. The van der Waals surface area contributed by atoms with Gasteiger partial charge in [0.25, 0.3) is 0 Å². The zero-order valence-corrected chi connectivity index (χ0v) is 15.1. The van der Waals surface area contributed by atoms with E-state index in [0.717, 1.165) is 0 Å². The number of carbonyl (C=O) groups is 2.